The van der Waals surface area contributed by atoms with Gasteiger partial charge in [-0.25, -0.2) is 0 Å². The summed E-state index contributed by atoms with van der Waals surface area (Å²) in [7, 11) is 2.05. The number of fused-ring (bicyclic) bond motifs is 1. The first kappa shape index (κ1) is 31.7. The summed E-state index contributed by atoms with van der Waals surface area (Å²) in [5, 5.41) is 2.96. The van der Waals surface area contributed by atoms with Gasteiger partial charge in [0.15, 0.2) is 0 Å². The van der Waals surface area contributed by atoms with Crippen molar-refractivity contribution in [2.45, 2.75) is 19.8 Å². The molecule has 1 N–H and O–H groups in total. The average molecular weight is 630 g/mol. The van der Waals surface area contributed by atoms with Gasteiger partial charge in [-0.15, -0.1) is 0 Å². The van der Waals surface area contributed by atoms with Crippen molar-refractivity contribution in [1.29, 1.82) is 0 Å². The Hall–Kier alpha value is -5.28. The minimum atomic E-state index is -0.267. The van der Waals surface area contributed by atoms with Gasteiger partial charge < -0.3 is 24.9 Å². The van der Waals surface area contributed by atoms with Gasteiger partial charge in [-0.1, -0.05) is 60.2 Å². The maximum Gasteiger partial charge on any atom is 0.258 e. The van der Waals surface area contributed by atoms with Gasteiger partial charge in [-0.3, -0.25) is 19.2 Å². The van der Waals surface area contributed by atoms with Crippen LogP contribution in [0.2, 0.25) is 0 Å². The van der Waals surface area contributed by atoms with Crippen molar-refractivity contribution in [3.8, 4) is 11.1 Å². The first-order valence-electron chi connectivity index (χ1n) is 16.0. The van der Waals surface area contributed by atoms with Crippen molar-refractivity contribution in [3.05, 3.63) is 114 Å². The van der Waals surface area contributed by atoms with Crippen molar-refractivity contribution in [2.24, 2.45) is 0 Å². The maximum atomic E-state index is 13.9. The van der Waals surface area contributed by atoms with Crippen molar-refractivity contribution in [2.75, 3.05) is 61.4 Å². The van der Waals surface area contributed by atoms with Crippen LogP contribution in [0.5, 0.6) is 0 Å². The third-order valence-corrected chi connectivity index (χ3v) is 8.85. The molecule has 2 heterocycles. The van der Waals surface area contributed by atoms with Crippen molar-refractivity contribution < 1.29 is 19.2 Å². The van der Waals surface area contributed by atoms with Crippen LogP contribution in [0.1, 0.15) is 39.1 Å². The summed E-state index contributed by atoms with van der Waals surface area (Å²) in [6.45, 7) is 5.15. The van der Waals surface area contributed by atoms with Crippen LogP contribution in [0.3, 0.4) is 0 Å². The van der Waals surface area contributed by atoms with E-state index in [1.54, 1.807) is 41.3 Å². The van der Waals surface area contributed by atoms with Gasteiger partial charge in [-0.2, -0.15) is 0 Å². The standard InChI is InChI=1S/C38H39N5O4/c1-27-12-14-28(15-13-27)31-8-3-4-9-32(31)37(46)39-30-18-16-29(17-19-30)38(47)42-23-20-35(44)43(34-11-6-5-10-33(34)42)26-36(45)41-22-7-21-40(2)24-25-41/h3-6,8-19H,7,20-26H2,1-2H3,(H,39,46). The first-order valence-corrected chi connectivity index (χ1v) is 16.0. The third-order valence-electron chi connectivity index (χ3n) is 8.85. The number of hydrogen-bond acceptors (Lipinski definition) is 5. The molecule has 0 spiro atoms. The van der Waals surface area contributed by atoms with Gasteiger partial charge >= 0.3 is 0 Å². The summed E-state index contributed by atoms with van der Waals surface area (Å²) >= 11 is 0. The van der Waals surface area contributed by atoms with Crippen LogP contribution < -0.4 is 15.1 Å². The highest BCUT2D eigenvalue weighted by molar-refractivity contribution is 6.12. The topological polar surface area (TPSA) is 93.3 Å². The summed E-state index contributed by atoms with van der Waals surface area (Å²) in [5.74, 6) is -0.807. The van der Waals surface area contributed by atoms with Crippen LogP contribution >= 0.6 is 0 Å². The summed E-state index contributed by atoms with van der Waals surface area (Å²) in [6, 6.07) is 29.5. The quantitative estimate of drug-likeness (QED) is 0.306. The molecular weight excluding hydrogens is 590 g/mol. The number of para-hydroxylation sites is 2. The van der Waals surface area contributed by atoms with Crippen LogP contribution in [0.25, 0.3) is 11.1 Å². The second-order valence-corrected chi connectivity index (χ2v) is 12.2. The first-order chi connectivity index (χ1) is 22.8. The minimum absolute atomic E-state index is 0.0664. The molecule has 4 aromatic rings. The second-order valence-electron chi connectivity index (χ2n) is 12.2. The normalized spacial score (nSPS) is 15.4. The zero-order valence-corrected chi connectivity index (χ0v) is 26.8. The van der Waals surface area contributed by atoms with Crippen LogP contribution in [0, 0.1) is 6.92 Å². The van der Waals surface area contributed by atoms with Crippen LogP contribution in [-0.4, -0.2) is 79.7 Å². The highest BCUT2D eigenvalue weighted by atomic mass is 16.2. The number of nitrogens with one attached hydrogen (secondary N) is 1. The molecule has 240 valence electrons. The van der Waals surface area contributed by atoms with E-state index in [4.69, 9.17) is 0 Å². The Morgan fingerprint density at radius 1 is 0.745 bits per heavy atom. The van der Waals surface area contributed by atoms with Crippen molar-refractivity contribution >= 4 is 40.7 Å². The molecule has 0 radical (unpaired) electrons. The SMILES string of the molecule is Cc1ccc(-c2ccccc2C(=O)Nc2ccc(C(=O)N3CCC(=O)N(CC(=O)N4CCCN(C)CC4)c4ccccc43)cc2)cc1. The largest absolute Gasteiger partial charge is 0.340 e. The number of nitrogens with zero attached hydrogens (tertiary/aromatic N) is 4. The lowest BCUT2D eigenvalue weighted by atomic mass is 9.98. The van der Waals surface area contributed by atoms with E-state index in [1.165, 1.54) is 4.90 Å². The zero-order chi connectivity index (χ0) is 32.9. The lowest BCUT2D eigenvalue weighted by Crippen LogP contribution is -2.44. The second kappa shape index (κ2) is 14.0. The molecule has 4 aromatic carbocycles. The summed E-state index contributed by atoms with van der Waals surface area (Å²) in [6.07, 6.45) is 0.975. The summed E-state index contributed by atoms with van der Waals surface area (Å²) in [5.41, 5.74) is 5.58. The van der Waals surface area contributed by atoms with E-state index in [-0.39, 0.29) is 43.1 Å². The van der Waals surface area contributed by atoms with E-state index in [2.05, 4.69) is 10.2 Å². The molecule has 0 aliphatic carbocycles. The van der Waals surface area contributed by atoms with E-state index in [0.29, 0.717) is 41.3 Å². The van der Waals surface area contributed by atoms with Gasteiger partial charge in [-0.05, 0) is 80.5 Å². The molecule has 47 heavy (non-hydrogen) atoms. The Morgan fingerprint density at radius 2 is 1.45 bits per heavy atom. The number of amides is 4. The number of rotatable bonds is 6. The Kier molecular flexibility index (Phi) is 9.45. The molecule has 1 saturated heterocycles. The number of carbonyl (C=O) groups is 4. The molecule has 0 bridgehead atoms. The molecule has 0 atom stereocenters. The minimum Gasteiger partial charge on any atom is -0.340 e. The number of hydrogen-bond donors (Lipinski definition) is 1. The molecule has 6 rings (SSSR count). The van der Waals surface area contributed by atoms with Gasteiger partial charge in [0, 0.05) is 49.4 Å². The van der Waals surface area contributed by atoms with Crippen molar-refractivity contribution in [3.63, 3.8) is 0 Å². The van der Waals surface area contributed by atoms with Gasteiger partial charge in [0.1, 0.15) is 6.54 Å². The molecule has 9 nitrogen and oxygen atoms in total. The molecule has 0 saturated carbocycles. The Labute approximate surface area is 275 Å². The molecule has 9 heteroatoms. The van der Waals surface area contributed by atoms with Gasteiger partial charge in [0.05, 0.1) is 11.4 Å². The van der Waals surface area contributed by atoms with Crippen LogP contribution in [0.15, 0.2) is 97.1 Å². The monoisotopic (exact) mass is 629 g/mol. The van der Waals surface area contributed by atoms with Gasteiger partial charge in [0.2, 0.25) is 11.8 Å². The number of benzene rings is 4. The number of anilines is 3. The van der Waals surface area contributed by atoms with E-state index in [1.807, 2.05) is 79.5 Å². The zero-order valence-electron chi connectivity index (χ0n) is 26.8. The van der Waals surface area contributed by atoms with Gasteiger partial charge in [0.25, 0.3) is 11.8 Å². The molecule has 1 fully saturated rings. The van der Waals surface area contributed by atoms with E-state index < -0.39 is 0 Å². The van der Waals surface area contributed by atoms with Crippen LogP contribution in [-0.2, 0) is 9.59 Å². The Bertz CT molecular complexity index is 1790. The highest BCUT2D eigenvalue weighted by Crippen LogP contribution is 2.34. The third kappa shape index (κ3) is 7.10. The lowest BCUT2D eigenvalue weighted by Gasteiger charge is -2.28. The number of carbonyl (C=O) groups excluding carboxylic acids is 4. The van der Waals surface area contributed by atoms with Crippen molar-refractivity contribution in [1.82, 2.24) is 9.80 Å². The smallest absolute Gasteiger partial charge is 0.258 e. The molecule has 4 amide bonds. The molecule has 0 unspecified atom stereocenters. The van der Waals surface area contributed by atoms with E-state index in [0.717, 1.165) is 36.2 Å². The number of likely N-dealkylation sites (N-methyl/N-ethyl adjacent to an activating group) is 1. The average Bonchev–Trinajstić information content (AvgIpc) is 3.39. The Balaban J connectivity index is 1.18. The van der Waals surface area contributed by atoms with Crippen LogP contribution in [0.4, 0.5) is 17.1 Å². The predicted molar refractivity (Wildman–Crippen MR) is 185 cm³/mol. The summed E-state index contributed by atoms with van der Waals surface area (Å²) < 4.78 is 0. The fourth-order valence-electron chi connectivity index (χ4n) is 6.15. The fourth-order valence-corrected chi connectivity index (χ4v) is 6.15. The van der Waals surface area contributed by atoms with E-state index in [9.17, 15) is 19.2 Å². The van der Waals surface area contributed by atoms with E-state index >= 15 is 0 Å². The fraction of sp³-hybridized carbons (Fsp3) is 0.263. The molecule has 2 aliphatic rings. The molecular formula is C38H39N5O4. The predicted octanol–water partition coefficient (Wildman–Crippen LogP) is 5.46. The lowest BCUT2D eigenvalue weighted by molar-refractivity contribution is -0.131. The number of aryl methyl sites for hydroxylation is 1. The maximum absolute atomic E-state index is 13.9. The highest BCUT2D eigenvalue weighted by Gasteiger charge is 2.32. The summed E-state index contributed by atoms with van der Waals surface area (Å²) in [4.78, 5) is 61.1. The molecule has 2 aliphatic heterocycles. The Morgan fingerprint density at radius 3 is 2.21 bits per heavy atom. The molecule has 0 aromatic heterocycles.